The number of hydrogen-bond acceptors (Lipinski definition) is 2. The molecule has 2 saturated carbocycles. The molecule has 0 aromatic rings. The molecule has 2 aliphatic carbocycles. The Morgan fingerprint density at radius 1 is 1.50 bits per heavy atom. The maximum absolute atomic E-state index is 9.48. The summed E-state index contributed by atoms with van der Waals surface area (Å²) in [5.74, 6) is 2.30. The Hall–Kier alpha value is -0.0800. The summed E-state index contributed by atoms with van der Waals surface area (Å²) in [5, 5.41) is 9.48. The van der Waals surface area contributed by atoms with E-state index in [0.29, 0.717) is 12.0 Å². The van der Waals surface area contributed by atoms with E-state index in [-0.39, 0.29) is 11.7 Å². The van der Waals surface area contributed by atoms with Crippen LogP contribution < -0.4 is 0 Å². The summed E-state index contributed by atoms with van der Waals surface area (Å²) in [6.45, 7) is 4.19. The molecule has 0 aromatic heterocycles. The number of aliphatic hydroxyl groups excluding tert-OH is 1. The minimum atomic E-state index is -0.160. The quantitative estimate of drug-likeness (QED) is 0.731. The van der Waals surface area contributed by atoms with E-state index >= 15 is 0 Å². The first-order valence-electron chi connectivity index (χ1n) is 5.94. The molecule has 2 saturated heterocycles. The Kier molecular flexibility index (Phi) is 1.79. The minimum absolute atomic E-state index is 0.160. The van der Waals surface area contributed by atoms with Gasteiger partial charge in [-0.2, -0.15) is 0 Å². The van der Waals surface area contributed by atoms with Crippen LogP contribution >= 0.6 is 0 Å². The van der Waals surface area contributed by atoms with Crippen LogP contribution in [0.25, 0.3) is 0 Å². The van der Waals surface area contributed by atoms with Gasteiger partial charge in [0.05, 0.1) is 17.8 Å². The van der Waals surface area contributed by atoms with Crippen molar-refractivity contribution in [2.45, 2.75) is 57.3 Å². The first-order chi connectivity index (χ1) is 6.58. The molecule has 2 aliphatic heterocycles. The Bertz CT molecular complexity index is 233. The van der Waals surface area contributed by atoms with Gasteiger partial charge in [-0.1, -0.05) is 0 Å². The van der Waals surface area contributed by atoms with Crippen molar-refractivity contribution < 1.29 is 9.84 Å². The van der Waals surface area contributed by atoms with Crippen LogP contribution in [-0.2, 0) is 4.74 Å². The summed E-state index contributed by atoms with van der Waals surface area (Å²) in [6.07, 6.45) is 5.10. The fourth-order valence-electron chi connectivity index (χ4n) is 4.18. The average Bonchev–Trinajstić information content (AvgIpc) is 2.44. The number of hydrogen-bond donors (Lipinski definition) is 1. The van der Waals surface area contributed by atoms with E-state index in [1.807, 2.05) is 6.92 Å². The molecule has 4 bridgehead atoms. The molecule has 4 aliphatic rings. The van der Waals surface area contributed by atoms with Gasteiger partial charge in [-0.15, -0.1) is 0 Å². The van der Waals surface area contributed by atoms with Gasteiger partial charge in [0.15, 0.2) is 0 Å². The van der Waals surface area contributed by atoms with Crippen molar-refractivity contribution in [3.8, 4) is 0 Å². The highest BCUT2D eigenvalue weighted by atomic mass is 16.5. The maximum atomic E-state index is 9.48. The van der Waals surface area contributed by atoms with Crippen LogP contribution in [0.4, 0.5) is 0 Å². The van der Waals surface area contributed by atoms with Gasteiger partial charge in [-0.05, 0) is 57.3 Å². The van der Waals surface area contributed by atoms with Crippen molar-refractivity contribution >= 4 is 0 Å². The average molecular weight is 196 g/mol. The number of ether oxygens (including phenoxy) is 1. The second-order valence-electron chi connectivity index (χ2n) is 5.85. The second kappa shape index (κ2) is 2.73. The van der Waals surface area contributed by atoms with E-state index in [2.05, 4.69) is 6.92 Å². The lowest BCUT2D eigenvalue weighted by Gasteiger charge is -2.38. The third kappa shape index (κ3) is 1.10. The highest BCUT2D eigenvalue weighted by molar-refractivity contribution is 5.09. The van der Waals surface area contributed by atoms with Crippen LogP contribution in [0.1, 0.15) is 39.5 Å². The largest absolute Gasteiger partial charge is 0.393 e. The molecule has 0 spiro atoms. The van der Waals surface area contributed by atoms with Gasteiger partial charge >= 0.3 is 0 Å². The summed E-state index contributed by atoms with van der Waals surface area (Å²) in [5.41, 5.74) is 0.213. The number of aliphatic hydroxyl groups is 1. The van der Waals surface area contributed by atoms with Crippen molar-refractivity contribution in [3.05, 3.63) is 0 Å². The zero-order chi connectivity index (χ0) is 9.92. The fraction of sp³-hybridized carbons (Fsp3) is 1.00. The normalized spacial score (nSPS) is 56.8. The lowest BCUT2D eigenvalue weighted by Crippen LogP contribution is -2.38. The van der Waals surface area contributed by atoms with Crippen molar-refractivity contribution in [1.82, 2.24) is 0 Å². The summed E-state index contributed by atoms with van der Waals surface area (Å²) in [6, 6.07) is 0. The molecular formula is C12H20O2. The molecule has 4 fully saturated rings. The van der Waals surface area contributed by atoms with Crippen molar-refractivity contribution in [1.29, 1.82) is 0 Å². The highest BCUT2D eigenvalue weighted by Crippen LogP contribution is 2.60. The SMILES string of the molecule is CC(O)CC1C2CC3CC1OC3(C)C2. The van der Waals surface area contributed by atoms with Gasteiger partial charge in [0, 0.05) is 0 Å². The van der Waals surface area contributed by atoms with Gasteiger partial charge in [-0.3, -0.25) is 0 Å². The fourth-order valence-corrected chi connectivity index (χ4v) is 4.18. The minimum Gasteiger partial charge on any atom is -0.393 e. The van der Waals surface area contributed by atoms with Crippen LogP contribution in [-0.4, -0.2) is 22.9 Å². The molecule has 4 rings (SSSR count). The maximum Gasteiger partial charge on any atom is 0.0690 e. The number of rotatable bonds is 2. The Labute approximate surface area is 85.6 Å². The molecule has 80 valence electrons. The van der Waals surface area contributed by atoms with Crippen molar-refractivity contribution in [3.63, 3.8) is 0 Å². The first-order valence-corrected chi connectivity index (χ1v) is 5.94. The predicted molar refractivity (Wildman–Crippen MR) is 53.9 cm³/mol. The van der Waals surface area contributed by atoms with Crippen molar-refractivity contribution in [2.24, 2.45) is 17.8 Å². The second-order valence-corrected chi connectivity index (χ2v) is 5.85. The van der Waals surface area contributed by atoms with Gasteiger partial charge in [-0.25, -0.2) is 0 Å². The summed E-state index contributed by atoms with van der Waals surface area (Å²) in [7, 11) is 0. The predicted octanol–water partition coefficient (Wildman–Crippen LogP) is 1.96. The summed E-state index contributed by atoms with van der Waals surface area (Å²) < 4.78 is 6.14. The molecule has 0 radical (unpaired) electrons. The van der Waals surface area contributed by atoms with Gasteiger partial charge in [0.25, 0.3) is 0 Å². The third-order valence-electron chi connectivity index (χ3n) is 4.75. The molecule has 2 heterocycles. The van der Waals surface area contributed by atoms with Crippen LogP contribution in [0.3, 0.4) is 0 Å². The molecular weight excluding hydrogens is 176 g/mol. The van der Waals surface area contributed by atoms with Gasteiger partial charge < -0.3 is 9.84 Å². The zero-order valence-corrected chi connectivity index (χ0v) is 9.07. The Balaban J connectivity index is 1.79. The molecule has 1 N–H and O–H groups in total. The van der Waals surface area contributed by atoms with Crippen LogP contribution in [0.5, 0.6) is 0 Å². The topological polar surface area (TPSA) is 29.5 Å². The molecule has 2 nitrogen and oxygen atoms in total. The Morgan fingerprint density at radius 3 is 2.86 bits per heavy atom. The molecule has 14 heavy (non-hydrogen) atoms. The van der Waals surface area contributed by atoms with E-state index in [9.17, 15) is 5.11 Å². The van der Waals surface area contributed by atoms with Crippen LogP contribution in [0.2, 0.25) is 0 Å². The van der Waals surface area contributed by atoms with Gasteiger partial charge in [0.2, 0.25) is 0 Å². The zero-order valence-electron chi connectivity index (χ0n) is 9.07. The molecule has 0 aromatic carbocycles. The van der Waals surface area contributed by atoms with Crippen LogP contribution in [0, 0.1) is 17.8 Å². The third-order valence-corrected chi connectivity index (χ3v) is 4.75. The summed E-state index contributed by atoms with van der Waals surface area (Å²) in [4.78, 5) is 0. The lowest BCUT2D eigenvalue weighted by atomic mass is 9.76. The molecule has 2 heteroatoms. The summed E-state index contributed by atoms with van der Waals surface area (Å²) >= 11 is 0. The van der Waals surface area contributed by atoms with Gasteiger partial charge in [0.1, 0.15) is 0 Å². The first kappa shape index (κ1) is 9.17. The smallest absolute Gasteiger partial charge is 0.0690 e. The van der Waals surface area contributed by atoms with E-state index < -0.39 is 0 Å². The molecule has 0 amide bonds. The van der Waals surface area contributed by atoms with E-state index in [0.717, 1.165) is 18.3 Å². The standard InChI is InChI=1S/C12H20O2/c1-7(13)3-10-8-4-9-5-11(10)14-12(9,2)6-8/h7-11,13H,3-6H2,1-2H3. The monoisotopic (exact) mass is 196 g/mol. The van der Waals surface area contributed by atoms with Crippen LogP contribution in [0.15, 0.2) is 0 Å². The van der Waals surface area contributed by atoms with E-state index in [4.69, 9.17) is 4.74 Å². The lowest BCUT2D eigenvalue weighted by molar-refractivity contribution is -0.108. The van der Waals surface area contributed by atoms with E-state index in [1.54, 1.807) is 0 Å². The van der Waals surface area contributed by atoms with Crippen molar-refractivity contribution in [2.75, 3.05) is 0 Å². The Morgan fingerprint density at radius 2 is 2.29 bits per heavy atom. The highest BCUT2D eigenvalue weighted by Gasteiger charge is 2.60. The van der Waals surface area contributed by atoms with E-state index in [1.165, 1.54) is 19.3 Å². The molecule has 6 atom stereocenters. The molecule has 6 unspecified atom stereocenters.